The highest BCUT2D eigenvalue weighted by molar-refractivity contribution is 6.00. The van der Waals surface area contributed by atoms with Crippen LogP contribution in [-0.4, -0.2) is 25.2 Å². The molecular formula is C28H52O4. The molecule has 0 aromatic rings. The van der Waals surface area contributed by atoms with E-state index < -0.39 is 0 Å². The lowest BCUT2D eigenvalue weighted by molar-refractivity contribution is -0.143. The first-order chi connectivity index (χ1) is 15.3. The summed E-state index contributed by atoms with van der Waals surface area (Å²) in [6.07, 6.45) is 15.0. The van der Waals surface area contributed by atoms with Crippen LogP contribution in [0.15, 0.2) is 11.1 Å². The molecule has 0 amide bonds. The number of rotatable bonds is 20. The van der Waals surface area contributed by atoms with E-state index in [2.05, 4.69) is 13.8 Å². The first-order valence-electron chi connectivity index (χ1n) is 13.4. The largest absolute Gasteiger partial charge is 0.462 e. The number of carbonyl (C=O) groups is 2. The SMILES string of the molecule is CCCCCCCCCCC(C(=O)OCC(C)C)=C(CCCCCC)C(=O)OCC(C)C. The molecule has 188 valence electrons. The Morgan fingerprint density at radius 3 is 1.19 bits per heavy atom. The van der Waals surface area contributed by atoms with Gasteiger partial charge in [-0.3, -0.25) is 0 Å². The fourth-order valence-corrected chi connectivity index (χ4v) is 3.58. The molecule has 0 unspecified atom stereocenters. The van der Waals surface area contributed by atoms with Crippen molar-refractivity contribution >= 4 is 11.9 Å². The molecule has 0 bridgehead atoms. The van der Waals surface area contributed by atoms with Gasteiger partial charge in [-0.05, 0) is 37.5 Å². The average molecular weight is 453 g/mol. The van der Waals surface area contributed by atoms with Gasteiger partial charge in [0.1, 0.15) is 0 Å². The Morgan fingerprint density at radius 2 is 0.844 bits per heavy atom. The molecule has 0 aromatic heterocycles. The van der Waals surface area contributed by atoms with Gasteiger partial charge in [0.15, 0.2) is 0 Å². The monoisotopic (exact) mass is 452 g/mol. The summed E-state index contributed by atoms with van der Waals surface area (Å²) in [6.45, 7) is 13.3. The molecule has 32 heavy (non-hydrogen) atoms. The Morgan fingerprint density at radius 1 is 0.531 bits per heavy atom. The Bertz CT molecular complexity index is 520. The number of esters is 2. The van der Waals surface area contributed by atoms with Crippen molar-refractivity contribution in [3.05, 3.63) is 11.1 Å². The van der Waals surface area contributed by atoms with Gasteiger partial charge in [0.25, 0.3) is 0 Å². The van der Waals surface area contributed by atoms with Gasteiger partial charge < -0.3 is 9.47 Å². The summed E-state index contributed by atoms with van der Waals surface area (Å²) >= 11 is 0. The minimum Gasteiger partial charge on any atom is -0.462 e. The van der Waals surface area contributed by atoms with Gasteiger partial charge in [-0.25, -0.2) is 9.59 Å². The number of carbonyl (C=O) groups excluding carboxylic acids is 2. The van der Waals surface area contributed by atoms with E-state index in [0.717, 1.165) is 38.5 Å². The Kier molecular flexibility index (Phi) is 19.5. The average Bonchev–Trinajstić information content (AvgIpc) is 2.75. The zero-order valence-electron chi connectivity index (χ0n) is 22.1. The van der Waals surface area contributed by atoms with Crippen molar-refractivity contribution in [3.63, 3.8) is 0 Å². The molecule has 0 heterocycles. The van der Waals surface area contributed by atoms with E-state index in [4.69, 9.17) is 9.47 Å². The molecule has 0 aliphatic heterocycles. The first-order valence-corrected chi connectivity index (χ1v) is 13.4. The van der Waals surface area contributed by atoms with Crippen molar-refractivity contribution < 1.29 is 19.1 Å². The van der Waals surface area contributed by atoms with Gasteiger partial charge in [-0.15, -0.1) is 0 Å². The van der Waals surface area contributed by atoms with E-state index in [0.29, 0.717) is 37.2 Å². The number of hydrogen-bond acceptors (Lipinski definition) is 4. The molecule has 0 N–H and O–H groups in total. The van der Waals surface area contributed by atoms with Crippen LogP contribution in [0.5, 0.6) is 0 Å². The molecule has 0 atom stereocenters. The second-order valence-corrected chi connectivity index (χ2v) is 9.98. The van der Waals surface area contributed by atoms with E-state index in [1.165, 1.54) is 38.5 Å². The van der Waals surface area contributed by atoms with Gasteiger partial charge in [-0.1, -0.05) is 106 Å². The van der Waals surface area contributed by atoms with E-state index in [-0.39, 0.29) is 23.8 Å². The Hall–Kier alpha value is -1.32. The van der Waals surface area contributed by atoms with Crippen molar-refractivity contribution in [1.82, 2.24) is 0 Å². The van der Waals surface area contributed by atoms with Crippen LogP contribution in [0.4, 0.5) is 0 Å². The summed E-state index contributed by atoms with van der Waals surface area (Å²) in [6, 6.07) is 0. The highest BCUT2D eigenvalue weighted by atomic mass is 16.5. The van der Waals surface area contributed by atoms with E-state index >= 15 is 0 Å². The fraction of sp³-hybridized carbons (Fsp3) is 0.857. The molecule has 4 nitrogen and oxygen atoms in total. The van der Waals surface area contributed by atoms with Gasteiger partial charge in [-0.2, -0.15) is 0 Å². The predicted octanol–water partition coefficient (Wildman–Crippen LogP) is 8.18. The number of unbranched alkanes of at least 4 members (excludes halogenated alkanes) is 10. The summed E-state index contributed by atoms with van der Waals surface area (Å²) < 4.78 is 11.1. The van der Waals surface area contributed by atoms with E-state index in [1.54, 1.807) is 0 Å². The molecule has 0 aliphatic rings. The zero-order chi connectivity index (χ0) is 24.2. The lowest BCUT2D eigenvalue weighted by atomic mass is 9.96. The van der Waals surface area contributed by atoms with Crippen LogP contribution in [0, 0.1) is 11.8 Å². The third-order valence-electron chi connectivity index (χ3n) is 5.51. The predicted molar refractivity (Wildman–Crippen MR) is 135 cm³/mol. The van der Waals surface area contributed by atoms with Crippen molar-refractivity contribution in [1.29, 1.82) is 0 Å². The first kappa shape index (κ1) is 30.7. The van der Waals surface area contributed by atoms with E-state index in [9.17, 15) is 9.59 Å². The van der Waals surface area contributed by atoms with Crippen LogP contribution >= 0.6 is 0 Å². The fourth-order valence-electron chi connectivity index (χ4n) is 3.58. The van der Waals surface area contributed by atoms with Gasteiger partial charge >= 0.3 is 11.9 Å². The van der Waals surface area contributed by atoms with Crippen LogP contribution < -0.4 is 0 Å². The standard InChI is InChI=1S/C28H52O4/c1-7-9-11-13-14-15-16-18-20-26(28(30)32-22-24(5)6)25(19-17-12-10-8-2)27(29)31-21-23(3)4/h23-24H,7-22H2,1-6H3. The molecule has 0 saturated heterocycles. The molecule has 0 saturated carbocycles. The van der Waals surface area contributed by atoms with Crippen LogP contribution in [0.1, 0.15) is 131 Å². The lowest BCUT2D eigenvalue weighted by Crippen LogP contribution is -2.20. The summed E-state index contributed by atoms with van der Waals surface area (Å²) in [5.74, 6) is -0.117. The van der Waals surface area contributed by atoms with Crippen molar-refractivity contribution in [2.24, 2.45) is 11.8 Å². The van der Waals surface area contributed by atoms with Crippen molar-refractivity contribution in [2.45, 2.75) is 131 Å². The summed E-state index contributed by atoms with van der Waals surface area (Å²) in [4.78, 5) is 25.9. The van der Waals surface area contributed by atoms with Crippen LogP contribution in [0.2, 0.25) is 0 Å². The van der Waals surface area contributed by atoms with E-state index in [1.807, 2.05) is 27.7 Å². The maximum absolute atomic E-state index is 13.0. The highest BCUT2D eigenvalue weighted by Gasteiger charge is 2.23. The Balaban J connectivity index is 5.26. The number of hydrogen-bond donors (Lipinski definition) is 0. The third-order valence-corrected chi connectivity index (χ3v) is 5.51. The molecule has 0 fully saturated rings. The smallest absolute Gasteiger partial charge is 0.334 e. The second kappa shape index (κ2) is 20.3. The van der Waals surface area contributed by atoms with Gasteiger partial charge in [0, 0.05) is 11.1 Å². The summed E-state index contributed by atoms with van der Waals surface area (Å²) in [5, 5.41) is 0. The molecule has 0 radical (unpaired) electrons. The molecule has 0 aromatic carbocycles. The quantitative estimate of drug-likeness (QED) is 0.106. The molecular weight excluding hydrogens is 400 g/mol. The second-order valence-electron chi connectivity index (χ2n) is 9.98. The van der Waals surface area contributed by atoms with Crippen LogP contribution in [0.25, 0.3) is 0 Å². The Labute approximate surface area is 198 Å². The molecule has 0 rings (SSSR count). The molecule has 0 spiro atoms. The maximum atomic E-state index is 13.0. The van der Waals surface area contributed by atoms with Crippen LogP contribution in [0.3, 0.4) is 0 Å². The van der Waals surface area contributed by atoms with Crippen molar-refractivity contribution in [2.75, 3.05) is 13.2 Å². The molecule has 4 heteroatoms. The zero-order valence-corrected chi connectivity index (χ0v) is 22.1. The third kappa shape index (κ3) is 16.3. The van der Waals surface area contributed by atoms with Gasteiger partial charge in [0.05, 0.1) is 13.2 Å². The minimum absolute atomic E-state index is 0.268. The molecule has 0 aliphatic carbocycles. The van der Waals surface area contributed by atoms with Crippen molar-refractivity contribution in [3.8, 4) is 0 Å². The van der Waals surface area contributed by atoms with Gasteiger partial charge in [0.2, 0.25) is 0 Å². The summed E-state index contributed by atoms with van der Waals surface area (Å²) in [7, 11) is 0. The minimum atomic E-state index is -0.328. The topological polar surface area (TPSA) is 52.6 Å². The maximum Gasteiger partial charge on any atom is 0.334 e. The highest BCUT2D eigenvalue weighted by Crippen LogP contribution is 2.23. The number of ether oxygens (including phenoxy) is 2. The van der Waals surface area contributed by atoms with Crippen LogP contribution in [-0.2, 0) is 19.1 Å². The normalized spacial score (nSPS) is 12.2. The summed E-state index contributed by atoms with van der Waals surface area (Å²) in [5.41, 5.74) is 1.11. The lowest BCUT2D eigenvalue weighted by Gasteiger charge is -2.16.